The fourth-order valence-corrected chi connectivity index (χ4v) is 4.34. The summed E-state index contributed by atoms with van der Waals surface area (Å²) in [5, 5.41) is 31.3. The number of nitrogens with two attached hydrogens (primary N) is 1. The summed E-state index contributed by atoms with van der Waals surface area (Å²) in [6.45, 7) is 1.93. The molecular formula is C29H25F3N4O6. The normalized spacial score (nSPS) is 17.6. The van der Waals surface area contributed by atoms with Gasteiger partial charge in [0.2, 0.25) is 5.91 Å². The lowest BCUT2D eigenvalue weighted by Crippen LogP contribution is -2.21. The average Bonchev–Trinajstić information content (AvgIpc) is 3.73. The topological polar surface area (TPSA) is 175 Å². The van der Waals surface area contributed by atoms with E-state index in [9.17, 15) is 28.0 Å². The third kappa shape index (κ3) is 7.42. The molecule has 4 rings (SSSR count). The van der Waals surface area contributed by atoms with Crippen molar-refractivity contribution < 1.29 is 42.6 Å². The molecule has 42 heavy (non-hydrogen) atoms. The van der Waals surface area contributed by atoms with Gasteiger partial charge in [-0.05, 0) is 47.9 Å². The van der Waals surface area contributed by atoms with Gasteiger partial charge in [0.1, 0.15) is 0 Å². The highest BCUT2D eigenvalue weighted by Crippen LogP contribution is 2.55. The number of carbonyl (C=O) groups is 3. The largest absolute Gasteiger partial charge is 0.490 e. The van der Waals surface area contributed by atoms with Gasteiger partial charge in [-0.25, -0.2) is 4.79 Å². The summed E-state index contributed by atoms with van der Waals surface area (Å²) in [5.74, 6) is -5.17. The van der Waals surface area contributed by atoms with Crippen molar-refractivity contribution in [2.24, 2.45) is 22.7 Å². The molecule has 3 aromatic rings. The maximum Gasteiger partial charge on any atom is 0.490 e. The van der Waals surface area contributed by atoms with Crippen LogP contribution in [0.4, 0.5) is 18.9 Å². The van der Waals surface area contributed by atoms with Crippen molar-refractivity contribution in [3.8, 4) is 17.2 Å². The highest BCUT2D eigenvalue weighted by molar-refractivity contribution is 6.01. The van der Waals surface area contributed by atoms with Gasteiger partial charge in [-0.1, -0.05) is 53.7 Å². The first-order valence-electron chi connectivity index (χ1n) is 12.4. The summed E-state index contributed by atoms with van der Waals surface area (Å²) in [5.41, 5.74) is 9.74. The molecule has 0 spiro atoms. The van der Waals surface area contributed by atoms with Gasteiger partial charge in [-0.2, -0.15) is 18.4 Å². The van der Waals surface area contributed by atoms with Crippen molar-refractivity contribution in [1.82, 2.24) is 0 Å². The van der Waals surface area contributed by atoms with Crippen LogP contribution in [0.1, 0.15) is 29.5 Å². The number of nitriles is 1. The van der Waals surface area contributed by atoms with Gasteiger partial charge in [0.05, 0.1) is 30.1 Å². The number of carboxylic acids is 1. The smallest absolute Gasteiger partial charge is 0.475 e. The van der Waals surface area contributed by atoms with Gasteiger partial charge < -0.3 is 26.1 Å². The molecule has 0 aliphatic heterocycles. The quantitative estimate of drug-likeness (QED) is 0.104. The number of halogens is 3. The van der Waals surface area contributed by atoms with Crippen LogP contribution in [0.25, 0.3) is 11.1 Å². The van der Waals surface area contributed by atoms with E-state index in [-0.39, 0.29) is 24.3 Å². The minimum absolute atomic E-state index is 0.0563. The maximum atomic E-state index is 13.2. The molecular weight excluding hydrogens is 557 g/mol. The monoisotopic (exact) mass is 582 g/mol. The molecule has 10 nitrogen and oxygen atoms in total. The second-order valence-corrected chi connectivity index (χ2v) is 8.97. The SMILES string of the molecule is CCOC(=O)C1C(C(=O)Nc2ccc(-c3ccccc3C#N)cc2)C1c1cccc(/C(N)=N/O)c1.O=C(O)C(F)(F)F. The molecule has 13 heteroatoms. The number of alkyl halides is 3. The summed E-state index contributed by atoms with van der Waals surface area (Å²) in [7, 11) is 0. The van der Waals surface area contributed by atoms with Crippen LogP contribution in [0, 0.1) is 23.2 Å². The van der Waals surface area contributed by atoms with Gasteiger partial charge in [-0.15, -0.1) is 0 Å². The van der Waals surface area contributed by atoms with Gasteiger partial charge in [-0.3, -0.25) is 9.59 Å². The zero-order chi connectivity index (χ0) is 31.0. The van der Waals surface area contributed by atoms with E-state index < -0.39 is 30.0 Å². The van der Waals surface area contributed by atoms with Crippen LogP contribution in [-0.2, 0) is 19.1 Å². The number of rotatable bonds is 7. The van der Waals surface area contributed by atoms with E-state index in [0.717, 1.165) is 16.7 Å². The van der Waals surface area contributed by atoms with E-state index in [1.54, 1.807) is 49.4 Å². The molecule has 0 saturated heterocycles. The summed E-state index contributed by atoms with van der Waals surface area (Å²) in [6.07, 6.45) is -5.08. The third-order valence-electron chi connectivity index (χ3n) is 6.31. The number of esters is 1. The Morgan fingerprint density at radius 1 is 1.05 bits per heavy atom. The molecule has 1 aliphatic carbocycles. The second kappa shape index (κ2) is 13.3. The Morgan fingerprint density at radius 2 is 1.69 bits per heavy atom. The van der Waals surface area contributed by atoms with Crippen molar-refractivity contribution in [2.45, 2.75) is 19.0 Å². The molecule has 0 heterocycles. The number of nitrogens with zero attached hydrogens (tertiary/aromatic N) is 2. The van der Waals surface area contributed by atoms with Crippen molar-refractivity contribution in [1.29, 1.82) is 5.26 Å². The van der Waals surface area contributed by atoms with Crippen LogP contribution >= 0.6 is 0 Å². The first-order chi connectivity index (χ1) is 19.9. The molecule has 3 atom stereocenters. The predicted octanol–water partition coefficient (Wildman–Crippen LogP) is 4.48. The Hall–Kier alpha value is -5.38. The van der Waals surface area contributed by atoms with E-state index in [4.69, 9.17) is 25.6 Å². The number of benzene rings is 3. The standard InChI is InChI=1S/C27H24N4O4.C2HF3O2/c1-2-35-27(33)24-22(17-7-5-8-18(14-17)25(29)31-34)23(24)26(32)30-20-12-10-16(11-13-20)21-9-4-3-6-19(21)15-28;3-2(4,5)1(6)7/h3-14,22-24,34H,2H2,1H3,(H2,29,31)(H,30,32);(H,6,7). The number of nitrogens with one attached hydrogen (secondary N) is 1. The van der Waals surface area contributed by atoms with E-state index in [1.165, 1.54) is 0 Å². The zero-order valence-electron chi connectivity index (χ0n) is 22.0. The number of amidine groups is 1. The number of aliphatic carboxylic acids is 1. The van der Waals surface area contributed by atoms with Crippen molar-refractivity contribution in [2.75, 3.05) is 11.9 Å². The van der Waals surface area contributed by atoms with E-state index in [2.05, 4.69) is 16.5 Å². The number of oxime groups is 1. The van der Waals surface area contributed by atoms with Crippen LogP contribution in [0.3, 0.4) is 0 Å². The Labute approximate surface area is 237 Å². The molecule has 1 fully saturated rings. The van der Waals surface area contributed by atoms with Crippen LogP contribution in [0.5, 0.6) is 0 Å². The van der Waals surface area contributed by atoms with Crippen LogP contribution in [0.2, 0.25) is 0 Å². The zero-order valence-corrected chi connectivity index (χ0v) is 22.0. The fraction of sp³-hybridized carbons (Fsp3) is 0.207. The summed E-state index contributed by atoms with van der Waals surface area (Å²) in [6, 6.07) is 23.6. The first kappa shape index (κ1) is 31.2. The third-order valence-corrected chi connectivity index (χ3v) is 6.31. The number of hydrogen-bond donors (Lipinski definition) is 4. The van der Waals surface area contributed by atoms with Crippen LogP contribution in [-0.4, -0.2) is 46.8 Å². The fourth-order valence-electron chi connectivity index (χ4n) is 4.34. The van der Waals surface area contributed by atoms with Gasteiger partial charge in [0, 0.05) is 17.2 Å². The van der Waals surface area contributed by atoms with E-state index in [0.29, 0.717) is 16.8 Å². The Balaban J connectivity index is 0.000000616. The Bertz CT molecular complexity index is 1530. The first-order valence-corrected chi connectivity index (χ1v) is 12.4. The highest BCUT2D eigenvalue weighted by atomic mass is 19.4. The molecule has 1 saturated carbocycles. The number of anilines is 1. The molecule has 0 bridgehead atoms. The number of hydrogen-bond acceptors (Lipinski definition) is 7. The van der Waals surface area contributed by atoms with Crippen molar-refractivity contribution >= 4 is 29.4 Å². The number of ether oxygens (including phenoxy) is 1. The minimum Gasteiger partial charge on any atom is -0.475 e. The molecule has 3 aromatic carbocycles. The number of amides is 1. The lowest BCUT2D eigenvalue weighted by atomic mass is 10.0. The Kier molecular flexibility index (Phi) is 9.88. The molecule has 0 aromatic heterocycles. The van der Waals surface area contributed by atoms with Crippen molar-refractivity contribution in [3.63, 3.8) is 0 Å². The maximum absolute atomic E-state index is 13.2. The Morgan fingerprint density at radius 3 is 2.26 bits per heavy atom. The van der Waals surface area contributed by atoms with Crippen LogP contribution < -0.4 is 11.1 Å². The van der Waals surface area contributed by atoms with Crippen molar-refractivity contribution in [3.05, 3.63) is 89.5 Å². The predicted molar refractivity (Wildman–Crippen MR) is 144 cm³/mol. The lowest BCUT2D eigenvalue weighted by Gasteiger charge is -2.08. The average molecular weight is 583 g/mol. The van der Waals surface area contributed by atoms with Gasteiger partial charge in [0.25, 0.3) is 0 Å². The summed E-state index contributed by atoms with van der Waals surface area (Å²) >= 11 is 0. The molecule has 218 valence electrons. The molecule has 5 N–H and O–H groups in total. The van der Waals surface area contributed by atoms with Gasteiger partial charge >= 0.3 is 18.1 Å². The number of carboxylic acid groups (broad SMARTS) is 1. The lowest BCUT2D eigenvalue weighted by molar-refractivity contribution is -0.192. The second-order valence-electron chi connectivity index (χ2n) is 8.97. The molecule has 1 amide bonds. The van der Waals surface area contributed by atoms with Gasteiger partial charge in [0.15, 0.2) is 5.84 Å². The number of carbonyl (C=O) groups excluding carboxylic acids is 2. The molecule has 0 radical (unpaired) electrons. The molecule has 3 unspecified atom stereocenters. The highest BCUT2D eigenvalue weighted by Gasteiger charge is 2.60. The van der Waals surface area contributed by atoms with E-state index in [1.807, 2.05) is 30.3 Å². The van der Waals surface area contributed by atoms with Crippen LogP contribution in [0.15, 0.2) is 78.0 Å². The summed E-state index contributed by atoms with van der Waals surface area (Å²) in [4.78, 5) is 34.6. The minimum atomic E-state index is -5.08. The van der Waals surface area contributed by atoms with E-state index >= 15 is 0 Å². The molecule has 1 aliphatic rings. The summed E-state index contributed by atoms with van der Waals surface area (Å²) < 4.78 is 36.9.